The number of nitrogens with one attached hydrogen (secondary N) is 2. The molecule has 2 aromatic rings. The Balaban J connectivity index is 1.50. The van der Waals surface area contributed by atoms with Crippen molar-refractivity contribution in [3.8, 4) is 5.75 Å². The Morgan fingerprint density at radius 3 is 2.31 bits per heavy atom. The van der Waals surface area contributed by atoms with Crippen molar-refractivity contribution >= 4 is 37.6 Å². The van der Waals surface area contributed by atoms with Gasteiger partial charge in [-0.05, 0) is 55.2 Å². The SMILES string of the molecule is CCCCNS(=O)(=O)c1ccc(OCC(=O)NCc2ccc(S(=O)(=O)N3CCCC3)cc2)c(Cl)c1. The van der Waals surface area contributed by atoms with Crippen LogP contribution >= 0.6 is 11.6 Å². The van der Waals surface area contributed by atoms with Gasteiger partial charge in [-0.15, -0.1) is 0 Å². The van der Waals surface area contributed by atoms with Crippen LogP contribution in [-0.4, -0.2) is 53.3 Å². The van der Waals surface area contributed by atoms with E-state index >= 15 is 0 Å². The zero-order valence-corrected chi connectivity index (χ0v) is 21.9. The highest BCUT2D eigenvalue weighted by Crippen LogP contribution is 2.27. The molecule has 9 nitrogen and oxygen atoms in total. The number of unbranched alkanes of at least 4 members (excludes halogenated alkanes) is 1. The minimum atomic E-state index is -3.67. The monoisotopic (exact) mass is 543 g/mol. The zero-order chi connectivity index (χ0) is 25.5. The average Bonchev–Trinajstić information content (AvgIpc) is 3.38. The van der Waals surface area contributed by atoms with E-state index in [1.165, 1.54) is 34.6 Å². The average molecular weight is 544 g/mol. The van der Waals surface area contributed by atoms with E-state index in [9.17, 15) is 21.6 Å². The molecule has 2 aromatic carbocycles. The van der Waals surface area contributed by atoms with Gasteiger partial charge < -0.3 is 10.1 Å². The second kappa shape index (κ2) is 12.2. The Labute approximate surface area is 211 Å². The first-order valence-corrected chi connectivity index (χ1v) is 14.7. The predicted octanol–water partition coefficient (Wildman–Crippen LogP) is 2.90. The molecule has 1 saturated heterocycles. The molecule has 0 aromatic heterocycles. The lowest BCUT2D eigenvalue weighted by molar-refractivity contribution is -0.123. The number of ether oxygens (including phenoxy) is 1. The van der Waals surface area contributed by atoms with Crippen LogP contribution in [0.15, 0.2) is 52.3 Å². The van der Waals surface area contributed by atoms with Crippen LogP contribution in [0.2, 0.25) is 5.02 Å². The number of benzene rings is 2. The molecule has 2 N–H and O–H groups in total. The van der Waals surface area contributed by atoms with Crippen molar-refractivity contribution in [1.82, 2.24) is 14.3 Å². The van der Waals surface area contributed by atoms with Gasteiger partial charge in [0.25, 0.3) is 5.91 Å². The van der Waals surface area contributed by atoms with E-state index in [1.54, 1.807) is 12.1 Å². The zero-order valence-electron chi connectivity index (χ0n) is 19.5. The lowest BCUT2D eigenvalue weighted by atomic mass is 10.2. The van der Waals surface area contributed by atoms with Gasteiger partial charge in [0.05, 0.1) is 14.8 Å². The third kappa shape index (κ3) is 7.40. The number of amides is 1. The van der Waals surface area contributed by atoms with E-state index in [1.807, 2.05) is 6.92 Å². The second-order valence-electron chi connectivity index (χ2n) is 8.16. The van der Waals surface area contributed by atoms with Gasteiger partial charge >= 0.3 is 0 Å². The van der Waals surface area contributed by atoms with E-state index < -0.39 is 26.0 Å². The van der Waals surface area contributed by atoms with Gasteiger partial charge in [-0.2, -0.15) is 4.31 Å². The second-order valence-corrected chi connectivity index (χ2v) is 12.3. The number of hydrogen-bond donors (Lipinski definition) is 2. The summed E-state index contributed by atoms with van der Waals surface area (Å²) < 4.78 is 59.2. The fourth-order valence-electron chi connectivity index (χ4n) is 3.48. The van der Waals surface area contributed by atoms with Crippen LogP contribution in [0, 0.1) is 0 Å². The molecule has 12 heteroatoms. The van der Waals surface area contributed by atoms with Crippen molar-refractivity contribution in [3.63, 3.8) is 0 Å². The quantitative estimate of drug-likeness (QED) is 0.397. The highest BCUT2D eigenvalue weighted by molar-refractivity contribution is 7.89. The highest BCUT2D eigenvalue weighted by Gasteiger charge is 2.26. The number of nitrogens with zero attached hydrogens (tertiary/aromatic N) is 1. The van der Waals surface area contributed by atoms with E-state index in [2.05, 4.69) is 10.0 Å². The molecule has 0 aliphatic carbocycles. The normalized spacial score (nSPS) is 14.7. The summed E-state index contributed by atoms with van der Waals surface area (Å²) in [6, 6.07) is 10.5. The first kappa shape index (κ1) is 27.4. The smallest absolute Gasteiger partial charge is 0.258 e. The Bertz CT molecular complexity index is 1230. The van der Waals surface area contributed by atoms with Crippen molar-refractivity contribution in [2.45, 2.75) is 48.9 Å². The standard InChI is InChI=1S/C23H30ClN3O6S2/c1-2-3-12-26-34(29,30)20-10-11-22(21(24)15-20)33-17-23(28)25-16-18-6-8-19(9-7-18)35(31,32)27-13-4-5-14-27/h6-11,15,26H,2-5,12-14,16-17H2,1H3,(H,25,28). The van der Waals surface area contributed by atoms with Gasteiger partial charge in [0.2, 0.25) is 20.0 Å². The topological polar surface area (TPSA) is 122 Å². The fraction of sp³-hybridized carbons (Fsp3) is 0.435. The maximum Gasteiger partial charge on any atom is 0.258 e. The molecule has 0 atom stereocenters. The van der Waals surface area contributed by atoms with Crippen molar-refractivity contribution in [2.24, 2.45) is 0 Å². The Morgan fingerprint density at radius 1 is 1.03 bits per heavy atom. The molecule has 35 heavy (non-hydrogen) atoms. The van der Waals surface area contributed by atoms with Crippen LogP contribution in [0.3, 0.4) is 0 Å². The largest absolute Gasteiger partial charge is 0.482 e. The number of carbonyl (C=O) groups is 1. The molecule has 0 bridgehead atoms. The molecule has 192 valence electrons. The number of halogens is 1. The molecule has 0 radical (unpaired) electrons. The predicted molar refractivity (Wildman–Crippen MR) is 133 cm³/mol. The lowest BCUT2D eigenvalue weighted by Gasteiger charge is -2.15. The molecule has 0 spiro atoms. The summed E-state index contributed by atoms with van der Waals surface area (Å²) in [6.07, 6.45) is 3.33. The summed E-state index contributed by atoms with van der Waals surface area (Å²) in [5.41, 5.74) is 0.738. The fourth-order valence-corrected chi connectivity index (χ4v) is 6.40. The van der Waals surface area contributed by atoms with E-state index in [-0.39, 0.29) is 33.7 Å². The first-order chi connectivity index (χ1) is 16.6. The summed E-state index contributed by atoms with van der Waals surface area (Å²) in [6.45, 7) is 3.26. The summed E-state index contributed by atoms with van der Waals surface area (Å²) >= 11 is 6.15. The number of rotatable bonds is 12. The Hall–Kier alpha value is -2.18. The third-order valence-corrected chi connectivity index (χ3v) is 9.18. The van der Waals surface area contributed by atoms with Crippen molar-refractivity contribution in [1.29, 1.82) is 0 Å². The van der Waals surface area contributed by atoms with E-state index in [4.69, 9.17) is 16.3 Å². The summed E-state index contributed by atoms with van der Waals surface area (Å²) in [7, 11) is -7.15. The summed E-state index contributed by atoms with van der Waals surface area (Å²) in [5.74, 6) is -0.224. The van der Waals surface area contributed by atoms with Crippen molar-refractivity contribution < 1.29 is 26.4 Å². The van der Waals surface area contributed by atoms with Gasteiger partial charge in [0.15, 0.2) is 6.61 Å². The van der Waals surface area contributed by atoms with Crippen LogP contribution in [-0.2, 0) is 31.4 Å². The molecular weight excluding hydrogens is 514 g/mol. The van der Waals surface area contributed by atoms with Crippen LogP contribution in [0.4, 0.5) is 0 Å². The minimum Gasteiger partial charge on any atom is -0.482 e. The molecule has 0 saturated carbocycles. The maximum atomic E-state index is 12.6. The van der Waals surface area contributed by atoms with Crippen LogP contribution < -0.4 is 14.8 Å². The minimum absolute atomic E-state index is 0.0191. The summed E-state index contributed by atoms with van der Waals surface area (Å²) in [5, 5.41) is 2.77. The van der Waals surface area contributed by atoms with Crippen LogP contribution in [0.1, 0.15) is 38.2 Å². The molecule has 3 rings (SSSR count). The third-order valence-electron chi connectivity index (χ3n) is 5.51. The van der Waals surface area contributed by atoms with Gasteiger partial charge in [-0.1, -0.05) is 37.1 Å². The van der Waals surface area contributed by atoms with Crippen LogP contribution in [0.5, 0.6) is 5.75 Å². The van der Waals surface area contributed by atoms with E-state index in [0.717, 1.165) is 31.2 Å². The van der Waals surface area contributed by atoms with Crippen LogP contribution in [0.25, 0.3) is 0 Å². The molecule has 0 unspecified atom stereocenters. The van der Waals surface area contributed by atoms with Gasteiger partial charge in [-0.25, -0.2) is 21.6 Å². The number of hydrogen-bond acceptors (Lipinski definition) is 6. The molecule has 1 fully saturated rings. The molecule has 1 aliphatic heterocycles. The van der Waals surface area contributed by atoms with Gasteiger partial charge in [0.1, 0.15) is 5.75 Å². The molecule has 1 amide bonds. The summed E-state index contributed by atoms with van der Waals surface area (Å²) in [4.78, 5) is 12.4. The number of carbonyl (C=O) groups excluding carboxylic acids is 1. The lowest BCUT2D eigenvalue weighted by Crippen LogP contribution is -2.29. The molecular formula is C23H30ClN3O6S2. The number of sulfonamides is 2. The highest BCUT2D eigenvalue weighted by atomic mass is 35.5. The Morgan fingerprint density at radius 2 is 1.69 bits per heavy atom. The van der Waals surface area contributed by atoms with E-state index in [0.29, 0.717) is 19.6 Å². The molecule has 1 aliphatic rings. The van der Waals surface area contributed by atoms with Gasteiger partial charge in [0, 0.05) is 26.2 Å². The first-order valence-electron chi connectivity index (χ1n) is 11.4. The van der Waals surface area contributed by atoms with Crippen molar-refractivity contribution in [3.05, 3.63) is 53.1 Å². The Kier molecular flexibility index (Phi) is 9.54. The van der Waals surface area contributed by atoms with Gasteiger partial charge in [-0.3, -0.25) is 4.79 Å². The molecule has 1 heterocycles. The maximum absolute atomic E-state index is 12.6. The van der Waals surface area contributed by atoms with Crippen molar-refractivity contribution in [2.75, 3.05) is 26.2 Å².